The molecule has 0 unspecified atom stereocenters. The number of rotatable bonds is 2. The lowest BCUT2D eigenvalue weighted by atomic mass is 9.90. The Hall–Kier alpha value is -0.690. The van der Waals surface area contributed by atoms with Crippen LogP contribution in [0, 0.1) is 11.3 Å². The third-order valence-electron chi connectivity index (χ3n) is 4.74. The molecule has 2 rings (SSSR count). The van der Waals surface area contributed by atoms with Gasteiger partial charge in [-0.15, -0.1) is 0 Å². The fourth-order valence-corrected chi connectivity index (χ4v) is 3.38. The van der Waals surface area contributed by atoms with Crippen LogP contribution in [0.15, 0.2) is 0 Å². The van der Waals surface area contributed by atoms with Crippen LogP contribution >= 0.6 is 0 Å². The first-order valence-electron chi connectivity index (χ1n) is 8.24. The Morgan fingerprint density at radius 2 is 1.55 bits per heavy atom. The highest BCUT2D eigenvalue weighted by Crippen LogP contribution is 2.25. The molecule has 6 heteroatoms. The van der Waals surface area contributed by atoms with Gasteiger partial charge in [-0.25, -0.2) is 0 Å². The average molecular weight is 314 g/mol. The number of hydrogen-bond donors (Lipinski definition) is 3. The summed E-state index contributed by atoms with van der Waals surface area (Å²) in [6.07, 6.45) is -0.903. The monoisotopic (exact) mass is 314 g/mol. The van der Waals surface area contributed by atoms with Crippen molar-refractivity contribution in [3.63, 3.8) is 0 Å². The minimum atomic E-state index is -1.04. The molecule has 0 aliphatic carbocycles. The summed E-state index contributed by atoms with van der Waals surface area (Å²) in [7, 11) is 0. The fraction of sp³-hybridized carbons (Fsp3) is 0.938. The molecule has 0 radical (unpaired) electrons. The van der Waals surface area contributed by atoms with Crippen molar-refractivity contribution >= 4 is 5.91 Å². The molecule has 2 heterocycles. The third-order valence-corrected chi connectivity index (χ3v) is 4.74. The highest BCUT2D eigenvalue weighted by atomic mass is 16.4. The van der Waals surface area contributed by atoms with Crippen molar-refractivity contribution in [2.75, 3.05) is 32.7 Å². The standard InChI is InChI=1S/C16H30N2O4/c1-16(2,3)15(22)18-6-4-11(5-7-18)8-17-9-12(19)14(21)13(20)10-17/h11-14,19-21H,4-10H2,1-3H3/t12-,13+,14+. The van der Waals surface area contributed by atoms with Crippen LogP contribution < -0.4 is 0 Å². The summed E-state index contributed by atoms with van der Waals surface area (Å²) in [4.78, 5) is 16.2. The number of carbonyl (C=O) groups is 1. The van der Waals surface area contributed by atoms with Crippen molar-refractivity contribution in [1.82, 2.24) is 9.80 Å². The molecule has 3 N–H and O–H groups in total. The normalized spacial score (nSPS) is 32.3. The molecule has 0 aromatic heterocycles. The van der Waals surface area contributed by atoms with Crippen molar-refractivity contribution in [3.05, 3.63) is 0 Å². The number of β-amino-alcohol motifs (C(OH)–C–C–N with tert-alkyl or cyclic N) is 2. The second-order valence-electron chi connectivity index (χ2n) is 7.83. The van der Waals surface area contributed by atoms with Gasteiger partial charge in [-0.1, -0.05) is 20.8 Å². The quantitative estimate of drug-likeness (QED) is 0.650. The lowest BCUT2D eigenvalue weighted by Gasteiger charge is -2.41. The molecule has 2 fully saturated rings. The van der Waals surface area contributed by atoms with E-state index in [1.807, 2.05) is 30.6 Å². The maximum absolute atomic E-state index is 12.3. The van der Waals surface area contributed by atoms with Crippen molar-refractivity contribution in [3.8, 4) is 0 Å². The largest absolute Gasteiger partial charge is 0.389 e. The molecule has 0 aromatic carbocycles. The molecule has 0 aromatic rings. The maximum atomic E-state index is 12.3. The van der Waals surface area contributed by atoms with E-state index >= 15 is 0 Å². The molecular formula is C16H30N2O4. The molecule has 2 aliphatic rings. The smallest absolute Gasteiger partial charge is 0.227 e. The second kappa shape index (κ2) is 6.83. The van der Waals surface area contributed by atoms with Crippen molar-refractivity contribution in [2.24, 2.45) is 11.3 Å². The zero-order valence-corrected chi connectivity index (χ0v) is 13.9. The zero-order chi connectivity index (χ0) is 16.5. The summed E-state index contributed by atoms with van der Waals surface area (Å²) >= 11 is 0. The summed E-state index contributed by atoms with van der Waals surface area (Å²) in [6.45, 7) is 9.01. The van der Waals surface area contributed by atoms with Crippen LogP contribution in [0.5, 0.6) is 0 Å². The van der Waals surface area contributed by atoms with Gasteiger partial charge in [0.2, 0.25) is 5.91 Å². The van der Waals surface area contributed by atoms with Crippen molar-refractivity contribution in [2.45, 2.75) is 51.9 Å². The topological polar surface area (TPSA) is 84.2 Å². The number of piperidine rings is 2. The van der Waals surface area contributed by atoms with E-state index in [0.29, 0.717) is 19.0 Å². The second-order valence-corrected chi connectivity index (χ2v) is 7.83. The van der Waals surface area contributed by atoms with Gasteiger partial charge in [0.15, 0.2) is 0 Å². The number of aliphatic hydroxyl groups is 3. The molecule has 1 amide bonds. The first kappa shape index (κ1) is 17.7. The van der Waals surface area contributed by atoms with Crippen molar-refractivity contribution < 1.29 is 20.1 Å². The van der Waals surface area contributed by atoms with Crippen LogP contribution in [0.1, 0.15) is 33.6 Å². The Bertz CT molecular complexity index is 376. The summed E-state index contributed by atoms with van der Waals surface area (Å²) in [5, 5.41) is 29.1. The van der Waals surface area contributed by atoms with E-state index in [1.54, 1.807) is 0 Å². The zero-order valence-electron chi connectivity index (χ0n) is 13.9. The first-order chi connectivity index (χ1) is 10.2. The summed E-state index contributed by atoms with van der Waals surface area (Å²) < 4.78 is 0. The van der Waals surface area contributed by atoms with Gasteiger partial charge in [-0.05, 0) is 18.8 Å². The summed E-state index contributed by atoms with van der Waals surface area (Å²) in [5.74, 6) is 0.677. The van der Waals surface area contributed by atoms with Gasteiger partial charge in [0.1, 0.15) is 6.10 Å². The Morgan fingerprint density at radius 1 is 1.05 bits per heavy atom. The summed E-state index contributed by atoms with van der Waals surface area (Å²) in [6, 6.07) is 0. The van der Waals surface area contributed by atoms with Crippen LogP contribution in [0.3, 0.4) is 0 Å². The molecule has 22 heavy (non-hydrogen) atoms. The number of nitrogens with zero attached hydrogens (tertiary/aromatic N) is 2. The molecule has 3 atom stereocenters. The van der Waals surface area contributed by atoms with Gasteiger partial charge in [0.05, 0.1) is 12.2 Å². The van der Waals surface area contributed by atoms with E-state index in [2.05, 4.69) is 0 Å². The lowest BCUT2D eigenvalue weighted by Crippen LogP contribution is -2.56. The fourth-order valence-electron chi connectivity index (χ4n) is 3.38. The number of likely N-dealkylation sites (tertiary alicyclic amines) is 2. The van der Waals surface area contributed by atoms with Crippen LogP contribution in [0.25, 0.3) is 0 Å². The Labute approximate surface area is 132 Å². The minimum absolute atomic E-state index is 0.206. The van der Waals surface area contributed by atoms with E-state index in [9.17, 15) is 20.1 Å². The number of hydrogen-bond acceptors (Lipinski definition) is 5. The predicted molar refractivity (Wildman–Crippen MR) is 83.2 cm³/mol. The van der Waals surface area contributed by atoms with Gasteiger partial charge in [-0.3, -0.25) is 9.69 Å². The number of amides is 1. The van der Waals surface area contributed by atoms with Crippen LogP contribution in [0.2, 0.25) is 0 Å². The molecule has 0 saturated carbocycles. The van der Waals surface area contributed by atoms with Gasteiger partial charge >= 0.3 is 0 Å². The number of aliphatic hydroxyl groups excluding tert-OH is 3. The van der Waals surface area contributed by atoms with Crippen LogP contribution in [-0.2, 0) is 4.79 Å². The summed E-state index contributed by atoms with van der Waals surface area (Å²) in [5.41, 5.74) is -0.329. The average Bonchev–Trinajstić information content (AvgIpc) is 2.44. The highest BCUT2D eigenvalue weighted by Gasteiger charge is 2.35. The van der Waals surface area contributed by atoms with Gasteiger partial charge < -0.3 is 20.2 Å². The van der Waals surface area contributed by atoms with Crippen molar-refractivity contribution in [1.29, 1.82) is 0 Å². The third kappa shape index (κ3) is 4.19. The Morgan fingerprint density at radius 3 is 2.00 bits per heavy atom. The van der Waals surface area contributed by atoms with E-state index in [4.69, 9.17) is 0 Å². The molecule has 6 nitrogen and oxygen atoms in total. The minimum Gasteiger partial charge on any atom is -0.389 e. The number of carbonyl (C=O) groups excluding carboxylic acids is 1. The molecular weight excluding hydrogens is 284 g/mol. The van der Waals surface area contributed by atoms with Gasteiger partial charge in [0, 0.05) is 38.1 Å². The molecule has 2 saturated heterocycles. The van der Waals surface area contributed by atoms with Crippen LogP contribution in [0.4, 0.5) is 0 Å². The van der Waals surface area contributed by atoms with E-state index in [0.717, 1.165) is 32.5 Å². The maximum Gasteiger partial charge on any atom is 0.227 e. The van der Waals surface area contributed by atoms with E-state index < -0.39 is 18.3 Å². The SMILES string of the molecule is CC(C)(C)C(=O)N1CCC(CN2C[C@@H](O)[C@H](O)[C@@H](O)C2)CC1. The Kier molecular flexibility index (Phi) is 5.48. The lowest BCUT2D eigenvalue weighted by molar-refractivity contribution is -0.141. The van der Waals surface area contributed by atoms with Gasteiger partial charge in [-0.2, -0.15) is 0 Å². The first-order valence-corrected chi connectivity index (χ1v) is 8.24. The predicted octanol–water partition coefficient (Wildman–Crippen LogP) is -0.331. The molecule has 128 valence electrons. The van der Waals surface area contributed by atoms with E-state index in [-0.39, 0.29) is 11.3 Å². The molecule has 0 spiro atoms. The van der Waals surface area contributed by atoms with E-state index in [1.165, 1.54) is 0 Å². The molecule has 2 aliphatic heterocycles. The Balaban J connectivity index is 1.79. The van der Waals surface area contributed by atoms with Crippen LogP contribution in [-0.4, -0.2) is 82.1 Å². The molecule has 0 bridgehead atoms. The van der Waals surface area contributed by atoms with Gasteiger partial charge in [0.25, 0.3) is 0 Å². The highest BCUT2D eigenvalue weighted by molar-refractivity contribution is 5.81.